The van der Waals surface area contributed by atoms with Crippen LogP contribution in [0.25, 0.3) is 11.3 Å². The van der Waals surface area contributed by atoms with E-state index in [9.17, 15) is 4.79 Å². The van der Waals surface area contributed by atoms with Crippen LogP contribution in [0, 0.1) is 5.92 Å². The molecule has 2 aromatic rings. The number of hydrogen-bond donors (Lipinski definition) is 1. The Kier molecular flexibility index (Phi) is 5.39. The van der Waals surface area contributed by atoms with Gasteiger partial charge in [-0.3, -0.25) is 4.79 Å². The van der Waals surface area contributed by atoms with E-state index in [1.165, 1.54) is 17.5 Å². The summed E-state index contributed by atoms with van der Waals surface area (Å²) in [5.74, 6) is 1.68. The van der Waals surface area contributed by atoms with Crippen molar-refractivity contribution < 1.29 is 9.53 Å². The Balaban J connectivity index is 1.40. The predicted molar refractivity (Wildman–Crippen MR) is 107 cm³/mol. The highest BCUT2D eigenvalue weighted by molar-refractivity contribution is 5.78. The van der Waals surface area contributed by atoms with Crippen molar-refractivity contribution in [1.29, 1.82) is 0 Å². The molecule has 5 nitrogen and oxygen atoms in total. The number of amides is 1. The summed E-state index contributed by atoms with van der Waals surface area (Å²) in [4.78, 5) is 18.8. The summed E-state index contributed by atoms with van der Waals surface area (Å²) in [5.41, 5.74) is 4.74. The number of benzene rings is 1. The molecule has 142 valence electrons. The third-order valence-corrected chi connectivity index (χ3v) is 5.53. The third-order valence-electron chi connectivity index (χ3n) is 5.53. The lowest BCUT2D eigenvalue weighted by Crippen LogP contribution is -2.28. The van der Waals surface area contributed by atoms with E-state index >= 15 is 0 Å². The molecule has 1 fully saturated rings. The van der Waals surface area contributed by atoms with E-state index in [1.54, 1.807) is 7.11 Å². The van der Waals surface area contributed by atoms with Crippen LogP contribution in [0.3, 0.4) is 0 Å². The average molecular weight is 365 g/mol. The Labute approximate surface area is 160 Å². The Bertz CT molecular complexity index is 804. The van der Waals surface area contributed by atoms with Crippen molar-refractivity contribution in [3.05, 3.63) is 47.5 Å². The number of nitrogens with zero attached hydrogens (tertiary/aromatic N) is 2. The zero-order valence-electron chi connectivity index (χ0n) is 15.9. The van der Waals surface area contributed by atoms with Crippen LogP contribution in [0.5, 0.6) is 0 Å². The lowest BCUT2D eigenvalue weighted by atomic mass is 9.97. The van der Waals surface area contributed by atoms with Crippen molar-refractivity contribution in [3.8, 4) is 11.3 Å². The molecule has 1 atom stereocenters. The second kappa shape index (κ2) is 8.09. The van der Waals surface area contributed by atoms with E-state index in [-0.39, 0.29) is 5.91 Å². The lowest BCUT2D eigenvalue weighted by molar-refractivity contribution is -0.128. The predicted octanol–water partition coefficient (Wildman–Crippen LogP) is 3.14. The molecule has 0 unspecified atom stereocenters. The maximum atomic E-state index is 12.1. The van der Waals surface area contributed by atoms with Crippen LogP contribution in [-0.4, -0.2) is 49.1 Å². The van der Waals surface area contributed by atoms with E-state index < -0.39 is 0 Å². The fourth-order valence-corrected chi connectivity index (χ4v) is 4.04. The van der Waals surface area contributed by atoms with Gasteiger partial charge in [0, 0.05) is 38.7 Å². The first-order valence-electron chi connectivity index (χ1n) is 9.83. The molecule has 1 N–H and O–H groups in total. The summed E-state index contributed by atoms with van der Waals surface area (Å²) < 4.78 is 5.09. The maximum absolute atomic E-state index is 12.1. The zero-order valence-corrected chi connectivity index (χ0v) is 15.9. The first kappa shape index (κ1) is 18.0. The molecule has 27 heavy (non-hydrogen) atoms. The normalized spacial score (nSPS) is 19.1. The van der Waals surface area contributed by atoms with Crippen LogP contribution in [0.2, 0.25) is 0 Å². The van der Waals surface area contributed by atoms with Crippen LogP contribution in [0.1, 0.15) is 24.0 Å². The van der Waals surface area contributed by atoms with Gasteiger partial charge in [0.2, 0.25) is 5.91 Å². The molecule has 4 rings (SSSR count). The lowest BCUT2D eigenvalue weighted by Gasteiger charge is -2.17. The van der Waals surface area contributed by atoms with Crippen LogP contribution >= 0.6 is 0 Å². The number of methoxy groups -OCH3 is 1. The molecule has 0 bridgehead atoms. The first-order valence-corrected chi connectivity index (χ1v) is 9.83. The van der Waals surface area contributed by atoms with Crippen molar-refractivity contribution >= 4 is 11.7 Å². The Morgan fingerprint density at radius 1 is 1.22 bits per heavy atom. The van der Waals surface area contributed by atoms with Crippen molar-refractivity contribution in [2.24, 2.45) is 5.92 Å². The number of aromatic nitrogens is 1. The van der Waals surface area contributed by atoms with Gasteiger partial charge in [-0.2, -0.15) is 0 Å². The molecule has 0 saturated carbocycles. The van der Waals surface area contributed by atoms with E-state index in [0.717, 1.165) is 43.0 Å². The van der Waals surface area contributed by atoms with E-state index in [4.69, 9.17) is 9.72 Å². The summed E-state index contributed by atoms with van der Waals surface area (Å²) in [6.45, 7) is 3.14. The number of hydrogen-bond acceptors (Lipinski definition) is 4. The molecule has 0 spiro atoms. The number of pyridine rings is 1. The van der Waals surface area contributed by atoms with Crippen molar-refractivity contribution in [2.75, 3.05) is 38.7 Å². The van der Waals surface area contributed by atoms with Gasteiger partial charge in [0.05, 0.1) is 12.3 Å². The number of fused-ring (bicyclic) bond motifs is 1. The van der Waals surface area contributed by atoms with Crippen LogP contribution < -0.4 is 5.32 Å². The molecule has 1 amide bonds. The van der Waals surface area contributed by atoms with Crippen molar-refractivity contribution in [3.63, 3.8) is 0 Å². The Morgan fingerprint density at radius 3 is 2.89 bits per heavy atom. The van der Waals surface area contributed by atoms with E-state index in [0.29, 0.717) is 25.5 Å². The summed E-state index contributed by atoms with van der Waals surface area (Å²) in [6, 6.07) is 12.9. The fraction of sp³-hybridized carbons (Fsp3) is 0.455. The maximum Gasteiger partial charge on any atom is 0.223 e. The smallest absolute Gasteiger partial charge is 0.223 e. The van der Waals surface area contributed by atoms with Gasteiger partial charge in [-0.1, -0.05) is 30.3 Å². The average Bonchev–Trinajstić information content (AvgIpc) is 3.05. The van der Waals surface area contributed by atoms with Gasteiger partial charge in [-0.25, -0.2) is 4.98 Å². The summed E-state index contributed by atoms with van der Waals surface area (Å²) in [7, 11) is 1.67. The molecule has 1 aromatic heterocycles. The molecule has 3 heterocycles. The van der Waals surface area contributed by atoms with Gasteiger partial charge in [0.15, 0.2) is 0 Å². The topological polar surface area (TPSA) is 54.5 Å². The number of nitrogens with one attached hydrogen (secondary N) is 1. The quantitative estimate of drug-likeness (QED) is 0.854. The highest BCUT2D eigenvalue weighted by Gasteiger charge is 2.29. The number of rotatable bonds is 6. The molecule has 2 aliphatic heterocycles. The summed E-state index contributed by atoms with van der Waals surface area (Å²) >= 11 is 0. The van der Waals surface area contributed by atoms with E-state index in [1.807, 2.05) is 4.90 Å². The zero-order chi connectivity index (χ0) is 18.6. The molecule has 1 saturated heterocycles. The third kappa shape index (κ3) is 4.14. The van der Waals surface area contributed by atoms with Gasteiger partial charge in [-0.05, 0) is 42.4 Å². The second-order valence-corrected chi connectivity index (χ2v) is 7.54. The number of anilines is 1. The van der Waals surface area contributed by atoms with Crippen LogP contribution in [0.15, 0.2) is 36.4 Å². The highest BCUT2D eigenvalue weighted by atomic mass is 16.5. The largest absolute Gasteiger partial charge is 0.383 e. The Hall–Kier alpha value is -2.40. The van der Waals surface area contributed by atoms with Gasteiger partial charge in [0.1, 0.15) is 5.82 Å². The second-order valence-electron chi connectivity index (χ2n) is 7.54. The number of likely N-dealkylation sites (tertiary alicyclic amines) is 1. The summed E-state index contributed by atoms with van der Waals surface area (Å²) in [6.07, 6.45) is 3.86. The van der Waals surface area contributed by atoms with Gasteiger partial charge in [-0.15, -0.1) is 0 Å². The number of carbonyl (C=O) groups is 1. The molecular formula is C22H27N3O2. The van der Waals surface area contributed by atoms with Gasteiger partial charge in [0.25, 0.3) is 0 Å². The highest BCUT2D eigenvalue weighted by Crippen LogP contribution is 2.27. The van der Waals surface area contributed by atoms with Gasteiger partial charge < -0.3 is 15.0 Å². The molecule has 0 aliphatic carbocycles. The molecule has 5 heteroatoms. The monoisotopic (exact) mass is 365 g/mol. The molecule has 1 aromatic carbocycles. The van der Waals surface area contributed by atoms with Crippen LogP contribution in [0.4, 0.5) is 5.82 Å². The standard InChI is InChI=1S/C22H27N3O2/c1-27-12-11-25-15-17(14-21(25)26)13-16-4-6-18(7-5-16)20-9-8-19-3-2-10-23-22(19)24-20/h4-9,17H,2-3,10-15H2,1H3,(H,23,24)/t17-/m0/s1. The summed E-state index contributed by atoms with van der Waals surface area (Å²) in [5, 5.41) is 3.40. The SMILES string of the molecule is COCCN1C[C@@H](Cc2ccc(-c3ccc4c(n3)NCCC4)cc2)CC1=O. The first-order chi connectivity index (χ1) is 13.2. The minimum Gasteiger partial charge on any atom is -0.383 e. The number of carbonyl (C=O) groups excluding carboxylic acids is 1. The van der Waals surface area contributed by atoms with Crippen molar-refractivity contribution in [2.45, 2.75) is 25.7 Å². The van der Waals surface area contributed by atoms with Gasteiger partial charge >= 0.3 is 0 Å². The number of ether oxygens (including phenoxy) is 1. The molecular weight excluding hydrogens is 338 g/mol. The molecule has 0 radical (unpaired) electrons. The minimum atomic E-state index is 0.249. The minimum absolute atomic E-state index is 0.249. The fourth-order valence-electron chi connectivity index (χ4n) is 4.04. The number of aryl methyl sites for hydroxylation is 1. The Morgan fingerprint density at radius 2 is 2.07 bits per heavy atom. The van der Waals surface area contributed by atoms with Crippen LogP contribution in [-0.2, 0) is 22.4 Å². The van der Waals surface area contributed by atoms with Crippen molar-refractivity contribution in [1.82, 2.24) is 9.88 Å². The molecule has 2 aliphatic rings. The van der Waals surface area contributed by atoms with E-state index in [2.05, 4.69) is 41.7 Å².